The van der Waals surface area contributed by atoms with E-state index >= 15 is 0 Å². The van der Waals surface area contributed by atoms with Gasteiger partial charge in [-0.2, -0.15) is 0 Å². The van der Waals surface area contributed by atoms with Crippen LogP contribution in [-0.2, 0) is 4.79 Å². The Morgan fingerprint density at radius 2 is 1.82 bits per heavy atom. The summed E-state index contributed by atoms with van der Waals surface area (Å²) in [7, 11) is 1.64. The molecule has 3 aromatic carbocycles. The Bertz CT molecular complexity index is 1440. The molecule has 1 aromatic heterocycles. The summed E-state index contributed by atoms with van der Waals surface area (Å²) in [5.41, 5.74) is 2.51. The molecule has 1 aliphatic heterocycles. The lowest BCUT2D eigenvalue weighted by molar-refractivity contribution is -0.120. The Hall–Kier alpha value is -4.39. The summed E-state index contributed by atoms with van der Waals surface area (Å²) in [6.45, 7) is -0.241. The molecular formula is C26H19NO6. The maximum atomic E-state index is 12.7. The van der Waals surface area contributed by atoms with Crippen molar-refractivity contribution < 1.29 is 23.5 Å². The van der Waals surface area contributed by atoms with E-state index in [1.165, 1.54) is 11.0 Å². The van der Waals surface area contributed by atoms with Gasteiger partial charge in [0.25, 0.3) is 5.91 Å². The number of amides is 1. The van der Waals surface area contributed by atoms with Gasteiger partial charge in [-0.05, 0) is 41.5 Å². The Kier molecular flexibility index (Phi) is 5.14. The summed E-state index contributed by atoms with van der Waals surface area (Å²) in [6.07, 6.45) is 0. The fourth-order valence-corrected chi connectivity index (χ4v) is 3.77. The number of fused-ring (bicyclic) bond motifs is 2. The van der Waals surface area contributed by atoms with Gasteiger partial charge in [-0.1, -0.05) is 30.3 Å². The highest BCUT2D eigenvalue weighted by atomic mass is 16.5. The Labute approximate surface area is 188 Å². The molecule has 33 heavy (non-hydrogen) atoms. The number of anilines is 1. The van der Waals surface area contributed by atoms with Crippen LogP contribution in [0.1, 0.15) is 10.4 Å². The quantitative estimate of drug-likeness (QED) is 0.343. The average Bonchev–Trinajstić information content (AvgIpc) is 2.84. The third-order valence-corrected chi connectivity index (χ3v) is 5.54. The van der Waals surface area contributed by atoms with Crippen LogP contribution in [0.25, 0.3) is 22.1 Å². The molecule has 0 saturated carbocycles. The minimum absolute atomic E-state index is 0.0238. The summed E-state index contributed by atoms with van der Waals surface area (Å²) in [5, 5.41) is 0.766. The monoisotopic (exact) mass is 441 g/mol. The van der Waals surface area contributed by atoms with E-state index in [1.807, 2.05) is 30.3 Å². The van der Waals surface area contributed by atoms with E-state index in [9.17, 15) is 14.4 Å². The van der Waals surface area contributed by atoms with Gasteiger partial charge in [-0.3, -0.25) is 9.59 Å². The first kappa shape index (κ1) is 20.5. The van der Waals surface area contributed by atoms with Gasteiger partial charge in [0.15, 0.2) is 19.0 Å². The van der Waals surface area contributed by atoms with Crippen LogP contribution >= 0.6 is 0 Å². The molecule has 0 bridgehead atoms. The molecule has 0 aliphatic carbocycles. The van der Waals surface area contributed by atoms with Crippen molar-refractivity contribution >= 4 is 28.3 Å². The number of benzene rings is 3. The first-order valence-corrected chi connectivity index (χ1v) is 10.3. The second kappa shape index (κ2) is 8.27. The molecule has 7 nitrogen and oxygen atoms in total. The van der Waals surface area contributed by atoms with E-state index in [2.05, 4.69) is 0 Å². The van der Waals surface area contributed by atoms with Crippen LogP contribution < -0.4 is 20.0 Å². The zero-order chi connectivity index (χ0) is 22.9. The second-order valence-electron chi connectivity index (χ2n) is 7.64. The van der Waals surface area contributed by atoms with Crippen LogP contribution in [-0.4, -0.2) is 32.0 Å². The van der Waals surface area contributed by atoms with Crippen molar-refractivity contribution in [2.24, 2.45) is 0 Å². The smallest absolute Gasteiger partial charge is 0.336 e. The van der Waals surface area contributed by atoms with Crippen molar-refractivity contribution in [2.45, 2.75) is 0 Å². The number of ketones is 1. The van der Waals surface area contributed by atoms with E-state index in [-0.39, 0.29) is 24.9 Å². The summed E-state index contributed by atoms with van der Waals surface area (Å²) < 4.78 is 16.4. The largest absolute Gasteiger partial charge is 0.485 e. The van der Waals surface area contributed by atoms with E-state index in [4.69, 9.17) is 13.9 Å². The van der Waals surface area contributed by atoms with Gasteiger partial charge in [-0.25, -0.2) is 4.79 Å². The van der Waals surface area contributed by atoms with Crippen molar-refractivity contribution in [3.8, 4) is 22.6 Å². The standard InChI is InChI=1S/C26H19NO6/c1-27-21-11-17(7-10-23(21)32-15-25(27)29)22(28)14-31-18-8-9-19-20(16-5-3-2-4-6-16)13-26(30)33-24(19)12-18/h2-13H,14-15H2,1H3. The van der Waals surface area contributed by atoms with Crippen LogP contribution in [0, 0.1) is 0 Å². The molecule has 1 aliphatic rings. The van der Waals surface area contributed by atoms with Crippen molar-refractivity contribution in [1.29, 1.82) is 0 Å². The molecule has 5 rings (SSSR count). The minimum Gasteiger partial charge on any atom is -0.485 e. The van der Waals surface area contributed by atoms with Crippen molar-refractivity contribution in [3.05, 3.63) is 88.8 Å². The number of carbonyl (C=O) groups excluding carboxylic acids is 2. The third-order valence-electron chi connectivity index (χ3n) is 5.54. The summed E-state index contributed by atoms with van der Waals surface area (Å²) in [6, 6.07) is 21.1. The van der Waals surface area contributed by atoms with Gasteiger partial charge in [0, 0.05) is 30.1 Å². The number of hydrogen-bond donors (Lipinski definition) is 0. The predicted octanol–water partition coefficient (Wildman–Crippen LogP) is 4.08. The highest BCUT2D eigenvalue weighted by molar-refractivity contribution is 6.02. The topological polar surface area (TPSA) is 86.0 Å². The van der Waals surface area contributed by atoms with Gasteiger partial charge >= 0.3 is 5.63 Å². The normalized spacial score (nSPS) is 12.9. The van der Waals surface area contributed by atoms with Crippen LogP contribution in [0.3, 0.4) is 0 Å². The molecule has 0 unspecified atom stereocenters. The number of ether oxygens (including phenoxy) is 2. The Balaban J connectivity index is 1.38. The molecule has 7 heteroatoms. The van der Waals surface area contributed by atoms with E-state index in [0.29, 0.717) is 28.3 Å². The lowest BCUT2D eigenvalue weighted by atomic mass is 10.0. The fraction of sp³-hybridized carbons (Fsp3) is 0.115. The zero-order valence-electron chi connectivity index (χ0n) is 17.7. The van der Waals surface area contributed by atoms with Gasteiger partial charge < -0.3 is 18.8 Å². The van der Waals surface area contributed by atoms with Crippen LogP contribution in [0.4, 0.5) is 5.69 Å². The molecule has 1 amide bonds. The number of likely N-dealkylation sites (N-methyl/N-ethyl adjacent to an activating group) is 1. The van der Waals surface area contributed by atoms with Crippen molar-refractivity contribution in [2.75, 3.05) is 25.2 Å². The van der Waals surface area contributed by atoms with Crippen LogP contribution in [0.5, 0.6) is 11.5 Å². The van der Waals surface area contributed by atoms with Gasteiger partial charge in [-0.15, -0.1) is 0 Å². The van der Waals surface area contributed by atoms with E-state index in [0.717, 1.165) is 16.5 Å². The van der Waals surface area contributed by atoms with E-state index < -0.39 is 5.63 Å². The first-order chi connectivity index (χ1) is 16.0. The summed E-state index contributed by atoms with van der Waals surface area (Å²) >= 11 is 0. The lowest BCUT2D eigenvalue weighted by Crippen LogP contribution is -2.35. The average molecular weight is 441 g/mol. The van der Waals surface area contributed by atoms with E-state index in [1.54, 1.807) is 43.4 Å². The van der Waals surface area contributed by atoms with Crippen LogP contribution in [0.2, 0.25) is 0 Å². The third kappa shape index (κ3) is 3.96. The molecule has 0 atom stereocenters. The molecule has 0 fully saturated rings. The predicted molar refractivity (Wildman–Crippen MR) is 123 cm³/mol. The maximum absolute atomic E-state index is 12.7. The fourth-order valence-electron chi connectivity index (χ4n) is 3.77. The number of hydrogen-bond acceptors (Lipinski definition) is 6. The molecule has 164 valence electrons. The molecule has 0 spiro atoms. The van der Waals surface area contributed by atoms with Gasteiger partial charge in [0.1, 0.15) is 17.1 Å². The Morgan fingerprint density at radius 1 is 1.00 bits per heavy atom. The number of rotatable bonds is 5. The maximum Gasteiger partial charge on any atom is 0.336 e. The molecule has 2 heterocycles. The number of carbonyl (C=O) groups is 2. The van der Waals surface area contributed by atoms with Crippen molar-refractivity contribution in [1.82, 2.24) is 0 Å². The van der Waals surface area contributed by atoms with Gasteiger partial charge in [0.2, 0.25) is 0 Å². The number of nitrogens with zero attached hydrogens (tertiary/aromatic N) is 1. The molecule has 0 radical (unpaired) electrons. The number of Topliss-reactive ketones (excluding diaryl/α,β-unsaturated/α-hetero) is 1. The first-order valence-electron chi connectivity index (χ1n) is 10.3. The zero-order valence-corrected chi connectivity index (χ0v) is 17.7. The molecule has 4 aromatic rings. The van der Waals surface area contributed by atoms with Crippen molar-refractivity contribution in [3.63, 3.8) is 0 Å². The van der Waals surface area contributed by atoms with Crippen LogP contribution in [0.15, 0.2) is 82.0 Å². The molecule has 0 saturated heterocycles. The summed E-state index contributed by atoms with van der Waals surface area (Å²) in [5.74, 6) is 0.505. The van der Waals surface area contributed by atoms with Gasteiger partial charge in [0.05, 0.1) is 5.69 Å². The molecular weight excluding hydrogens is 422 g/mol. The highest BCUT2D eigenvalue weighted by Crippen LogP contribution is 2.32. The minimum atomic E-state index is -0.468. The SMILES string of the molecule is CN1C(=O)COc2ccc(C(=O)COc3ccc4c(-c5ccccc5)cc(=O)oc4c3)cc21. The lowest BCUT2D eigenvalue weighted by Gasteiger charge is -2.26. The summed E-state index contributed by atoms with van der Waals surface area (Å²) in [4.78, 5) is 38.1. The Morgan fingerprint density at radius 3 is 2.64 bits per heavy atom. The second-order valence-corrected chi connectivity index (χ2v) is 7.64. The highest BCUT2D eigenvalue weighted by Gasteiger charge is 2.23. The molecule has 0 N–H and O–H groups in total.